The quantitative estimate of drug-likeness (QED) is 0.421. The first-order valence-corrected chi connectivity index (χ1v) is 10.8. The Morgan fingerprint density at radius 3 is 2.39 bits per heavy atom. The van der Waals surface area contributed by atoms with Crippen molar-refractivity contribution in [2.24, 2.45) is 0 Å². The molecule has 7 heteroatoms. The van der Waals surface area contributed by atoms with E-state index in [0.717, 1.165) is 22.4 Å². The van der Waals surface area contributed by atoms with E-state index in [1.54, 1.807) is 31.4 Å². The van der Waals surface area contributed by atoms with Gasteiger partial charge in [-0.15, -0.1) is 10.2 Å². The van der Waals surface area contributed by atoms with Crippen molar-refractivity contribution in [1.29, 1.82) is 0 Å². The second-order valence-electron chi connectivity index (χ2n) is 7.31. The molecular weight excluding hydrogens is 406 g/mol. The minimum Gasteiger partial charge on any atom is -0.348 e. The van der Waals surface area contributed by atoms with Gasteiger partial charge in [-0.25, -0.2) is 0 Å². The molecule has 4 rings (SSSR count). The number of thioether (sulfide) groups is 1. The summed E-state index contributed by atoms with van der Waals surface area (Å²) in [7, 11) is 3.54. The van der Waals surface area contributed by atoms with Gasteiger partial charge in [-0.05, 0) is 36.2 Å². The van der Waals surface area contributed by atoms with E-state index in [0.29, 0.717) is 11.0 Å². The van der Waals surface area contributed by atoms with E-state index in [4.69, 9.17) is 0 Å². The lowest BCUT2D eigenvalue weighted by molar-refractivity contribution is -0.128. The normalized spacial score (nSPS) is 11.8. The molecule has 0 saturated carbocycles. The first kappa shape index (κ1) is 20.8. The Hall–Kier alpha value is -3.45. The van der Waals surface area contributed by atoms with Crippen LogP contribution in [0.1, 0.15) is 16.4 Å². The van der Waals surface area contributed by atoms with Crippen LogP contribution in [-0.2, 0) is 4.79 Å². The number of benzene rings is 2. The summed E-state index contributed by atoms with van der Waals surface area (Å²) < 4.78 is 2.01. The molecule has 2 aromatic carbocycles. The largest absolute Gasteiger partial charge is 0.348 e. The van der Waals surface area contributed by atoms with Crippen LogP contribution in [0, 0.1) is 6.92 Å². The molecule has 31 heavy (non-hydrogen) atoms. The maximum absolute atomic E-state index is 13.1. The second-order valence-corrected chi connectivity index (χ2v) is 8.38. The van der Waals surface area contributed by atoms with E-state index in [1.807, 2.05) is 65.2 Å². The van der Waals surface area contributed by atoms with Gasteiger partial charge in [0.25, 0.3) is 0 Å². The van der Waals surface area contributed by atoms with Gasteiger partial charge in [-0.2, -0.15) is 0 Å². The number of aromatic nitrogens is 4. The van der Waals surface area contributed by atoms with Crippen LogP contribution in [0.3, 0.4) is 0 Å². The summed E-state index contributed by atoms with van der Waals surface area (Å²) in [6.07, 6.45) is 3.50. The molecule has 0 aliphatic heterocycles. The number of carbonyl (C=O) groups is 1. The monoisotopic (exact) mass is 429 g/mol. The van der Waals surface area contributed by atoms with Gasteiger partial charge in [-0.1, -0.05) is 60.3 Å². The van der Waals surface area contributed by atoms with E-state index in [-0.39, 0.29) is 5.91 Å². The third-order valence-electron chi connectivity index (χ3n) is 4.90. The van der Waals surface area contributed by atoms with Crippen molar-refractivity contribution in [3.8, 4) is 17.1 Å². The molecule has 0 spiro atoms. The molecule has 0 fully saturated rings. The van der Waals surface area contributed by atoms with Crippen LogP contribution in [0.25, 0.3) is 17.1 Å². The van der Waals surface area contributed by atoms with Crippen molar-refractivity contribution < 1.29 is 4.79 Å². The molecule has 2 heterocycles. The minimum absolute atomic E-state index is 0.00142. The van der Waals surface area contributed by atoms with Crippen LogP contribution in [0.15, 0.2) is 84.3 Å². The molecule has 0 aliphatic carbocycles. The van der Waals surface area contributed by atoms with E-state index in [2.05, 4.69) is 28.2 Å². The van der Waals surface area contributed by atoms with Gasteiger partial charge in [0.15, 0.2) is 11.0 Å². The van der Waals surface area contributed by atoms with Crippen LogP contribution < -0.4 is 0 Å². The van der Waals surface area contributed by atoms with Crippen LogP contribution in [0.4, 0.5) is 0 Å². The fraction of sp³-hybridized carbons (Fsp3) is 0.167. The molecule has 1 amide bonds. The van der Waals surface area contributed by atoms with Gasteiger partial charge >= 0.3 is 0 Å². The molecule has 0 unspecified atom stereocenters. The number of likely N-dealkylation sites (N-methyl/N-ethyl adjacent to an activating group) is 1. The fourth-order valence-corrected chi connectivity index (χ4v) is 4.48. The Balaban J connectivity index is 1.85. The summed E-state index contributed by atoms with van der Waals surface area (Å²) in [5, 5.41) is 9.19. The standard InChI is InChI=1S/C24H23N5OS/c1-17-10-7-8-14-20(17)29-22(19-13-9-15-25-16-19)26-27-24(29)31-21(23(30)28(2)3)18-11-5-4-6-12-18/h4-16,21H,1-3H3/t21-/m0/s1. The van der Waals surface area contributed by atoms with E-state index >= 15 is 0 Å². The molecule has 0 aliphatic rings. The Labute approximate surface area is 186 Å². The lowest BCUT2D eigenvalue weighted by Gasteiger charge is -2.21. The van der Waals surface area contributed by atoms with Crippen LogP contribution >= 0.6 is 11.8 Å². The zero-order valence-electron chi connectivity index (χ0n) is 17.6. The maximum Gasteiger partial charge on any atom is 0.240 e. The smallest absolute Gasteiger partial charge is 0.240 e. The number of nitrogens with zero attached hydrogens (tertiary/aromatic N) is 5. The predicted molar refractivity (Wildman–Crippen MR) is 123 cm³/mol. The highest BCUT2D eigenvalue weighted by Gasteiger charge is 2.28. The van der Waals surface area contributed by atoms with Crippen LogP contribution in [-0.4, -0.2) is 44.7 Å². The minimum atomic E-state index is -0.440. The second kappa shape index (κ2) is 9.14. The average molecular weight is 430 g/mol. The highest BCUT2D eigenvalue weighted by atomic mass is 32.2. The third-order valence-corrected chi connectivity index (χ3v) is 6.08. The van der Waals surface area contributed by atoms with Crippen LogP contribution in [0.5, 0.6) is 0 Å². The predicted octanol–water partition coefficient (Wildman–Crippen LogP) is 4.56. The first-order valence-electron chi connectivity index (χ1n) is 9.91. The third kappa shape index (κ3) is 4.36. The molecule has 2 aromatic heterocycles. The van der Waals surface area contributed by atoms with Gasteiger partial charge in [0.2, 0.25) is 5.91 Å². The topological polar surface area (TPSA) is 63.9 Å². The van der Waals surface area contributed by atoms with Gasteiger partial charge in [-0.3, -0.25) is 14.3 Å². The number of rotatable bonds is 6. The van der Waals surface area contributed by atoms with E-state index in [9.17, 15) is 4.79 Å². The zero-order valence-corrected chi connectivity index (χ0v) is 18.5. The summed E-state index contributed by atoms with van der Waals surface area (Å²) in [6, 6.07) is 21.7. The highest BCUT2D eigenvalue weighted by molar-refractivity contribution is 8.00. The molecular formula is C24H23N5OS. The number of para-hydroxylation sites is 1. The molecule has 1 atom stereocenters. The van der Waals surface area contributed by atoms with Gasteiger partial charge in [0, 0.05) is 32.1 Å². The molecule has 0 N–H and O–H groups in total. The van der Waals surface area contributed by atoms with Crippen molar-refractivity contribution in [2.75, 3.05) is 14.1 Å². The number of amides is 1. The maximum atomic E-state index is 13.1. The van der Waals surface area contributed by atoms with E-state index in [1.165, 1.54) is 11.8 Å². The Kier molecular flexibility index (Phi) is 6.13. The summed E-state index contributed by atoms with van der Waals surface area (Å²) in [5.74, 6) is 0.687. The lowest BCUT2D eigenvalue weighted by atomic mass is 10.1. The van der Waals surface area contributed by atoms with Crippen molar-refractivity contribution >= 4 is 17.7 Å². The lowest BCUT2D eigenvalue weighted by Crippen LogP contribution is -2.27. The number of carbonyl (C=O) groups excluding carboxylic acids is 1. The first-order chi connectivity index (χ1) is 15.1. The average Bonchev–Trinajstić information content (AvgIpc) is 3.22. The molecule has 0 bridgehead atoms. The summed E-state index contributed by atoms with van der Waals surface area (Å²) in [5.41, 5.74) is 3.84. The number of hydrogen-bond acceptors (Lipinski definition) is 5. The van der Waals surface area contributed by atoms with Crippen molar-refractivity contribution in [2.45, 2.75) is 17.3 Å². The molecule has 6 nitrogen and oxygen atoms in total. The van der Waals surface area contributed by atoms with Gasteiger partial charge < -0.3 is 4.90 Å². The van der Waals surface area contributed by atoms with Crippen molar-refractivity contribution in [1.82, 2.24) is 24.6 Å². The molecule has 0 saturated heterocycles. The molecule has 156 valence electrons. The number of aryl methyl sites for hydroxylation is 1. The van der Waals surface area contributed by atoms with Crippen molar-refractivity contribution in [3.05, 3.63) is 90.3 Å². The van der Waals surface area contributed by atoms with Gasteiger partial charge in [0.1, 0.15) is 5.25 Å². The Morgan fingerprint density at radius 2 is 1.71 bits per heavy atom. The van der Waals surface area contributed by atoms with Crippen molar-refractivity contribution in [3.63, 3.8) is 0 Å². The summed E-state index contributed by atoms with van der Waals surface area (Å²) in [6.45, 7) is 2.05. The molecule has 4 aromatic rings. The number of hydrogen-bond donors (Lipinski definition) is 0. The van der Waals surface area contributed by atoms with Crippen LogP contribution in [0.2, 0.25) is 0 Å². The highest BCUT2D eigenvalue weighted by Crippen LogP contribution is 2.38. The number of pyridine rings is 1. The Bertz CT molecular complexity index is 1180. The fourth-order valence-electron chi connectivity index (χ4n) is 3.29. The zero-order chi connectivity index (χ0) is 21.8. The SMILES string of the molecule is Cc1ccccc1-n1c(S[C@H](C(=O)N(C)C)c2ccccc2)nnc1-c1cccnc1. The van der Waals surface area contributed by atoms with Gasteiger partial charge in [0.05, 0.1) is 5.69 Å². The van der Waals surface area contributed by atoms with E-state index < -0.39 is 5.25 Å². The summed E-state index contributed by atoms with van der Waals surface area (Å²) in [4.78, 5) is 18.9. The molecule has 0 radical (unpaired) electrons. The summed E-state index contributed by atoms with van der Waals surface area (Å²) >= 11 is 1.40. The Morgan fingerprint density at radius 1 is 0.968 bits per heavy atom.